The molecule has 3 aromatic rings. The van der Waals surface area contributed by atoms with E-state index in [-0.39, 0.29) is 10.9 Å². The third-order valence-electron chi connectivity index (χ3n) is 7.30. The lowest BCUT2D eigenvalue weighted by molar-refractivity contribution is 0.0569. The Kier molecular flexibility index (Phi) is 7.51. The highest BCUT2D eigenvalue weighted by Crippen LogP contribution is 2.51. The molecule has 1 aliphatic carbocycles. The number of carbonyl (C=O) groups excluding carboxylic acids is 1. The fourth-order valence-electron chi connectivity index (χ4n) is 5.06. The van der Waals surface area contributed by atoms with Crippen molar-refractivity contribution in [1.29, 1.82) is 0 Å². The minimum Gasteiger partial charge on any atom is -0.377 e. The third-order valence-corrected chi connectivity index (χ3v) is 9.84. The summed E-state index contributed by atoms with van der Waals surface area (Å²) in [5.41, 5.74) is 0.299. The number of sulfone groups is 1. The van der Waals surface area contributed by atoms with Crippen LogP contribution in [-0.4, -0.2) is 66.0 Å². The number of pyridine rings is 1. The van der Waals surface area contributed by atoms with Crippen LogP contribution in [0.15, 0.2) is 59.8 Å². The summed E-state index contributed by atoms with van der Waals surface area (Å²) in [6, 6.07) is 11.4. The van der Waals surface area contributed by atoms with E-state index in [1.807, 2.05) is 13.0 Å². The maximum atomic E-state index is 14.0. The molecule has 1 aliphatic heterocycles. The fourth-order valence-corrected chi connectivity index (χ4v) is 7.20. The minimum absolute atomic E-state index is 0.0550. The van der Waals surface area contributed by atoms with E-state index in [0.717, 1.165) is 6.42 Å². The highest BCUT2D eigenvalue weighted by Gasteiger charge is 2.52. The summed E-state index contributed by atoms with van der Waals surface area (Å²) in [7, 11) is -3.76. The number of urea groups is 1. The van der Waals surface area contributed by atoms with Crippen molar-refractivity contribution in [3.8, 4) is 11.4 Å². The smallest absolute Gasteiger partial charge is 0.321 e. The molecule has 1 saturated carbocycles. The maximum absolute atomic E-state index is 14.0. The van der Waals surface area contributed by atoms with Crippen molar-refractivity contribution in [2.45, 2.75) is 61.4 Å². The Bertz CT molecular complexity index is 1470. The van der Waals surface area contributed by atoms with Gasteiger partial charge < -0.3 is 25.4 Å². The van der Waals surface area contributed by atoms with Crippen LogP contribution in [0.25, 0.3) is 11.4 Å². The van der Waals surface area contributed by atoms with Crippen molar-refractivity contribution in [2.24, 2.45) is 0 Å². The van der Waals surface area contributed by atoms with E-state index in [1.165, 1.54) is 38.4 Å². The molecule has 0 radical (unpaired) electrons. The summed E-state index contributed by atoms with van der Waals surface area (Å²) in [6.07, 6.45) is 4.68. The van der Waals surface area contributed by atoms with Crippen molar-refractivity contribution in [3.63, 3.8) is 0 Å². The van der Waals surface area contributed by atoms with Gasteiger partial charge in [0.15, 0.2) is 15.7 Å². The normalized spacial score (nSPS) is 19.0. The zero-order valence-electron chi connectivity index (χ0n) is 22.8. The quantitative estimate of drug-likeness (QED) is 0.366. The number of hydrogen-bond acceptors (Lipinski definition) is 9. The molecular formula is C28H34N6O5S. The van der Waals surface area contributed by atoms with Gasteiger partial charge in [-0.15, -0.1) is 0 Å². The molecule has 2 amide bonds. The van der Waals surface area contributed by atoms with Crippen molar-refractivity contribution in [3.05, 3.63) is 60.6 Å². The summed E-state index contributed by atoms with van der Waals surface area (Å²) < 4.78 is 32.5. The molecule has 12 heteroatoms. The van der Waals surface area contributed by atoms with E-state index in [4.69, 9.17) is 14.7 Å². The Morgan fingerprint density at radius 1 is 1.12 bits per heavy atom. The van der Waals surface area contributed by atoms with Gasteiger partial charge in [-0.1, -0.05) is 0 Å². The van der Waals surface area contributed by atoms with Gasteiger partial charge in [-0.3, -0.25) is 4.98 Å². The minimum atomic E-state index is -3.76. The lowest BCUT2D eigenvalue weighted by Crippen LogP contribution is -2.46. The number of hydrogen-bond donors (Lipinski definition) is 3. The number of carbonyl (C=O) groups is 1. The Hall–Kier alpha value is -3.61. The van der Waals surface area contributed by atoms with Gasteiger partial charge >= 0.3 is 6.03 Å². The van der Waals surface area contributed by atoms with Crippen LogP contribution in [0.1, 0.15) is 45.7 Å². The van der Waals surface area contributed by atoms with Gasteiger partial charge in [-0.05, 0) is 76.4 Å². The Morgan fingerprint density at radius 3 is 2.42 bits per heavy atom. The van der Waals surface area contributed by atoms with Crippen molar-refractivity contribution in [1.82, 2.24) is 20.3 Å². The molecule has 0 spiro atoms. The van der Waals surface area contributed by atoms with E-state index in [9.17, 15) is 18.3 Å². The number of amides is 2. The molecular weight excluding hydrogens is 532 g/mol. The zero-order chi connectivity index (χ0) is 28.5. The molecule has 3 heterocycles. The second-order valence-electron chi connectivity index (χ2n) is 10.8. The number of nitrogens with zero attached hydrogens (tertiary/aromatic N) is 4. The van der Waals surface area contributed by atoms with E-state index in [2.05, 4.69) is 20.5 Å². The summed E-state index contributed by atoms with van der Waals surface area (Å²) in [4.78, 5) is 28.2. The van der Waals surface area contributed by atoms with Gasteiger partial charge in [-0.2, -0.15) is 0 Å². The highest BCUT2D eigenvalue weighted by atomic mass is 32.2. The molecule has 0 bridgehead atoms. The average Bonchev–Trinajstić information content (AvgIpc) is 2.88. The molecule has 2 fully saturated rings. The van der Waals surface area contributed by atoms with Crippen molar-refractivity contribution in [2.75, 3.05) is 30.0 Å². The van der Waals surface area contributed by atoms with E-state index in [0.29, 0.717) is 61.2 Å². The number of anilines is 2. The Morgan fingerprint density at radius 2 is 1.82 bits per heavy atom. The molecule has 1 aromatic carbocycles. The predicted octanol–water partition coefficient (Wildman–Crippen LogP) is 3.47. The fraction of sp³-hybridized carbons (Fsp3) is 0.429. The molecule has 0 unspecified atom stereocenters. The molecule has 40 heavy (non-hydrogen) atoms. The number of aliphatic hydroxyl groups is 1. The van der Waals surface area contributed by atoms with Crippen LogP contribution < -0.4 is 15.5 Å². The number of rotatable bonds is 7. The molecule has 3 N–H and O–H groups in total. The molecule has 5 rings (SSSR count). The maximum Gasteiger partial charge on any atom is 0.321 e. The van der Waals surface area contributed by atoms with E-state index < -0.39 is 26.3 Å². The van der Waals surface area contributed by atoms with Crippen molar-refractivity contribution >= 4 is 27.4 Å². The topological polar surface area (TPSA) is 147 Å². The molecule has 1 atom stereocenters. The first-order valence-corrected chi connectivity index (χ1v) is 14.8. The predicted molar refractivity (Wildman–Crippen MR) is 150 cm³/mol. The zero-order valence-corrected chi connectivity index (χ0v) is 23.6. The van der Waals surface area contributed by atoms with Crippen LogP contribution in [0.3, 0.4) is 0 Å². The standard InChI is InChI=1S/C28H34N6O5S/c1-19-18-39-16-15-34(19)24-17-23(28(11-4-12-28)40(37,38)22-9-13-29-14-10-22)31-25(32-24)20-5-7-21(8-6-20)30-26(35)33-27(2,3)36/h5-10,13-14,17,19,36H,4,11-12,15-16,18H2,1-3H3,(H2,30,33,35)/t19-/m0/s1. The second kappa shape index (κ2) is 10.8. The first-order valence-electron chi connectivity index (χ1n) is 13.3. The second-order valence-corrected chi connectivity index (χ2v) is 13.1. The number of nitrogens with one attached hydrogen (secondary N) is 2. The van der Waals surface area contributed by atoms with Gasteiger partial charge in [0.25, 0.3) is 0 Å². The highest BCUT2D eigenvalue weighted by molar-refractivity contribution is 7.92. The van der Waals surface area contributed by atoms with Crippen LogP contribution in [-0.2, 0) is 19.3 Å². The summed E-state index contributed by atoms with van der Waals surface area (Å²) in [6.45, 7) is 6.70. The SMILES string of the molecule is C[C@H]1COCCN1c1cc(C2(S(=O)(=O)c3ccncc3)CCC2)nc(-c2ccc(NC(=O)NC(C)(C)O)cc2)n1. The first-order chi connectivity index (χ1) is 19.0. The number of benzene rings is 1. The molecule has 2 aliphatic rings. The largest absolute Gasteiger partial charge is 0.377 e. The van der Waals surface area contributed by atoms with Gasteiger partial charge in [0, 0.05) is 36.3 Å². The van der Waals surface area contributed by atoms with Crippen LogP contribution in [0, 0.1) is 0 Å². The van der Waals surface area contributed by atoms with Crippen molar-refractivity contribution < 1.29 is 23.1 Å². The number of ether oxygens (including phenoxy) is 1. The number of morpholine rings is 1. The average molecular weight is 567 g/mol. The Labute approximate surface area is 233 Å². The van der Waals surface area contributed by atoms with Gasteiger partial charge in [0.05, 0.1) is 29.8 Å². The summed E-state index contributed by atoms with van der Waals surface area (Å²) >= 11 is 0. The lowest BCUT2D eigenvalue weighted by Gasteiger charge is -2.41. The van der Waals surface area contributed by atoms with Crippen LogP contribution in [0.2, 0.25) is 0 Å². The van der Waals surface area contributed by atoms with Gasteiger partial charge in [-0.25, -0.2) is 23.2 Å². The van der Waals surface area contributed by atoms with Crippen LogP contribution in [0.5, 0.6) is 0 Å². The third kappa shape index (κ3) is 5.51. The lowest BCUT2D eigenvalue weighted by atomic mass is 9.81. The van der Waals surface area contributed by atoms with E-state index >= 15 is 0 Å². The van der Waals surface area contributed by atoms with E-state index in [1.54, 1.807) is 24.3 Å². The number of aromatic nitrogens is 3. The van der Waals surface area contributed by atoms with Gasteiger partial charge in [0.2, 0.25) is 0 Å². The monoisotopic (exact) mass is 566 g/mol. The summed E-state index contributed by atoms with van der Waals surface area (Å²) in [5.74, 6) is 1.05. The van der Waals surface area contributed by atoms with Crippen LogP contribution in [0.4, 0.5) is 16.3 Å². The molecule has 11 nitrogen and oxygen atoms in total. The van der Waals surface area contributed by atoms with Crippen LogP contribution >= 0.6 is 0 Å². The molecule has 1 saturated heterocycles. The molecule has 2 aromatic heterocycles. The Balaban J connectivity index is 1.55. The summed E-state index contributed by atoms with van der Waals surface area (Å²) in [5, 5.41) is 14.9. The molecule has 212 valence electrons. The van der Waals surface area contributed by atoms with Gasteiger partial charge in [0.1, 0.15) is 16.3 Å². The first kappa shape index (κ1) is 27.9.